The van der Waals surface area contributed by atoms with Gasteiger partial charge in [-0.25, -0.2) is 0 Å². The number of benzene rings is 9. The Kier molecular flexibility index (Phi) is 6.25. The molecule has 0 saturated carbocycles. The Labute approximate surface area is 284 Å². The summed E-state index contributed by atoms with van der Waals surface area (Å²) in [5.74, 6) is 0. The van der Waals surface area contributed by atoms with Crippen molar-refractivity contribution >= 4 is 54.3 Å². The molecule has 0 saturated heterocycles. The summed E-state index contributed by atoms with van der Waals surface area (Å²) in [5.41, 5.74) is 11.6. The molecule has 10 aromatic rings. The molecule has 0 radical (unpaired) electrons. The van der Waals surface area contributed by atoms with E-state index in [1.54, 1.807) is 0 Å². The van der Waals surface area contributed by atoms with Crippen LogP contribution in [0.2, 0.25) is 0 Å². The second-order valence-electron chi connectivity index (χ2n) is 12.9. The molecule has 0 spiro atoms. The number of fused-ring (bicyclic) bond motifs is 6. The van der Waals surface area contributed by atoms with Gasteiger partial charge in [-0.1, -0.05) is 152 Å². The van der Waals surface area contributed by atoms with E-state index in [0.717, 1.165) is 21.9 Å². The van der Waals surface area contributed by atoms with Gasteiger partial charge in [0.05, 0.1) is 0 Å². The molecule has 228 valence electrons. The van der Waals surface area contributed by atoms with Crippen molar-refractivity contribution in [1.29, 1.82) is 0 Å². The van der Waals surface area contributed by atoms with Gasteiger partial charge in [-0.15, -0.1) is 0 Å². The molecule has 1 heteroatoms. The molecule has 10 rings (SSSR count). The Morgan fingerprint density at radius 2 is 0.714 bits per heavy atom. The van der Waals surface area contributed by atoms with Crippen LogP contribution in [0.25, 0.3) is 98.8 Å². The molecule has 1 nitrogen and oxygen atoms in total. The number of hydrogen-bond donors (Lipinski definition) is 0. The lowest BCUT2D eigenvalue weighted by atomic mass is 9.84. The van der Waals surface area contributed by atoms with Crippen molar-refractivity contribution in [2.75, 3.05) is 0 Å². The SMILES string of the molecule is c1ccc(-c2ccc(-c3c4ccccc4c(-c4ccc5oc6cc7ccccc7cc6c5c4)c4ccc(-c5ccccc5)cc34)cc2)cc1. The molecule has 0 fully saturated rings. The maximum absolute atomic E-state index is 6.41. The molecule has 49 heavy (non-hydrogen) atoms. The fourth-order valence-corrected chi connectivity index (χ4v) is 7.69. The Morgan fingerprint density at radius 3 is 1.43 bits per heavy atom. The summed E-state index contributed by atoms with van der Waals surface area (Å²) < 4.78 is 6.41. The zero-order chi connectivity index (χ0) is 32.3. The second-order valence-corrected chi connectivity index (χ2v) is 12.9. The van der Waals surface area contributed by atoms with Crippen molar-refractivity contribution in [2.45, 2.75) is 0 Å². The molecule has 0 atom stereocenters. The fourth-order valence-electron chi connectivity index (χ4n) is 7.69. The number of furan rings is 1. The third-order valence-electron chi connectivity index (χ3n) is 10.0. The highest BCUT2D eigenvalue weighted by atomic mass is 16.3. The van der Waals surface area contributed by atoms with Gasteiger partial charge in [0, 0.05) is 10.8 Å². The first-order valence-electron chi connectivity index (χ1n) is 16.8. The maximum atomic E-state index is 6.41. The van der Waals surface area contributed by atoms with Gasteiger partial charge in [0.15, 0.2) is 0 Å². The summed E-state index contributed by atoms with van der Waals surface area (Å²) in [6.07, 6.45) is 0. The topological polar surface area (TPSA) is 13.1 Å². The highest BCUT2D eigenvalue weighted by molar-refractivity contribution is 6.23. The summed E-state index contributed by atoms with van der Waals surface area (Å²) in [6, 6.07) is 65.9. The quantitative estimate of drug-likeness (QED) is 0.178. The predicted octanol–water partition coefficient (Wildman–Crippen LogP) is 13.7. The van der Waals surface area contributed by atoms with Gasteiger partial charge in [0.25, 0.3) is 0 Å². The van der Waals surface area contributed by atoms with Gasteiger partial charge in [-0.05, 0) is 107 Å². The largest absolute Gasteiger partial charge is 0.456 e. The summed E-state index contributed by atoms with van der Waals surface area (Å²) >= 11 is 0. The Morgan fingerprint density at radius 1 is 0.245 bits per heavy atom. The third-order valence-corrected chi connectivity index (χ3v) is 10.0. The smallest absolute Gasteiger partial charge is 0.136 e. The van der Waals surface area contributed by atoms with Crippen LogP contribution in [0.5, 0.6) is 0 Å². The summed E-state index contributed by atoms with van der Waals surface area (Å²) in [6.45, 7) is 0. The normalized spacial score (nSPS) is 11.7. The molecule has 9 aromatic carbocycles. The van der Waals surface area contributed by atoms with E-state index in [0.29, 0.717) is 0 Å². The van der Waals surface area contributed by atoms with Crippen molar-refractivity contribution in [3.8, 4) is 44.5 Å². The average Bonchev–Trinajstić information content (AvgIpc) is 3.53. The van der Waals surface area contributed by atoms with Crippen molar-refractivity contribution in [2.24, 2.45) is 0 Å². The van der Waals surface area contributed by atoms with Crippen molar-refractivity contribution in [1.82, 2.24) is 0 Å². The molecule has 0 bridgehead atoms. The number of rotatable bonds is 4. The molecule has 0 aliphatic rings. The summed E-state index contributed by atoms with van der Waals surface area (Å²) in [7, 11) is 0. The van der Waals surface area contributed by atoms with E-state index in [9.17, 15) is 0 Å². The molecular formula is C48H30O. The molecule has 1 aromatic heterocycles. The molecule has 0 aliphatic heterocycles. The van der Waals surface area contributed by atoms with Gasteiger partial charge in [0.2, 0.25) is 0 Å². The van der Waals surface area contributed by atoms with Crippen LogP contribution in [-0.2, 0) is 0 Å². The monoisotopic (exact) mass is 622 g/mol. The second kappa shape index (κ2) is 11.1. The lowest BCUT2D eigenvalue weighted by Gasteiger charge is -2.19. The molecule has 1 heterocycles. The number of hydrogen-bond acceptors (Lipinski definition) is 1. The highest BCUT2D eigenvalue weighted by Crippen LogP contribution is 2.46. The van der Waals surface area contributed by atoms with Gasteiger partial charge < -0.3 is 4.42 Å². The molecular weight excluding hydrogens is 593 g/mol. The average molecular weight is 623 g/mol. The van der Waals surface area contributed by atoms with E-state index in [2.05, 4.69) is 182 Å². The highest BCUT2D eigenvalue weighted by Gasteiger charge is 2.19. The molecule has 0 unspecified atom stereocenters. The van der Waals surface area contributed by atoms with Crippen LogP contribution in [-0.4, -0.2) is 0 Å². The minimum Gasteiger partial charge on any atom is -0.456 e. The van der Waals surface area contributed by atoms with Crippen LogP contribution in [0.1, 0.15) is 0 Å². The third kappa shape index (κ3) is 4.55. The van der Waals surface area contributed by atoms with E-state index in [4.69, 9.17) is 4.42 Å². The van der Waals surface area contributed by atoms with Crippen LogP contribution < -0.4 is 0 Å². The summed E-state index contributed by atoms with van der Waals surface area (Å²) in [5, 5.41) is 9.64. The molecule has 0 aliphatic carbocycles. The van der Waals surface area contributed by atoms with Crippen LogP contribution in [0, 0.1) is 0 Å². The van der Waals surface area contributed by atoms with Crippen LogP contribution in [0.15, 0.2) is 186 Å². The zero-order valence-corrected chi connectivity index (χ0v) is 26.7. The van der Waals surface area contributed by atoms with E-state index in [1.165, 1.54) is 76.8 Å². The Bertz CT molecular complexity index is 2840. The van der Waals surface area contributed by atoms with Gasteiger partial charge in [-0.2, -0.15) is 0 Å². The standard InChI is InChI=1S/C48H30O/c1-3-11-31(12-4-1)33-19-21-34(22-20-33)47-39-17-9-10-18-40(39)48(41-25-23-37(28-44(41)47)32-13-5-2-6-14-32)38-24-26-45-42(29-38)43-27-35-15-7-8-16-36(35)30-46(43)49-45/h1-30H. The van der Waals surface area contributed by atoms with Gasteiger partial charge in [-0.3, -0.25) is 0 Å². The predicted molar refractivity (Wildman–Crippen MR) is 208 cm³/mol. The van der Waals surface area contributed by atoms with Crippen LogP contribution in [0.3, 0.4) is 0 Å². The molecule has 0 amide bonds. The van der Waals surface area contributed by atoms with Crippen molar-refractivity contribution in [3.63, 3.8) is 0 Å². The maximum Gasteiger partial charge on any atom is 0.136 e. The van der Waals surface area contributed by atoms with Crippen molar-refractivity contribution < 1.29 is 4.42 Å². The first-order valence-corrected chi connectivity index (χ1v) is 16.8. The van der Waals surface area contributed by atoms with E-state index in [-0.39, 0.29) is 0 Å². The minimum absolute atomic E-state index is 0.907. The van der Waals surface area contributed by atoms with Crippen LogP contribution >= 0.6 is 0 Å². The minimum atomic E-state index is 0.907. The lowest BCUT2D eigenvalue weighted by molar-refractivity contribution is 0.669. The first kappa shape index (κ1) is 27.7. The first-order chi connectivity index (χ1) is 24.3. The van der Waals surface area contributed by atoms with E-state index < -0.39 is 0 Å². The van der Waals surface area contributed by atoms with Crippen LogP contribution in [0.4, 0.5) is 0 Å². The van der Waals surface area contributed by atoms with E-state index in [1.807, 2.05) is 0 Å². The Hall–Kier alpha value is -6.44. The Balaban J connectivity index is 1.26. The van der Waals surface area contributed by atoms with Crippen molar-refractivity contribution in [3.05, 3.63) is 182 Å². The molecule has 0 N–H and O–H groups in total. The lowest BCUT2D eigenvalue weighted by Crippen LogP contribution is -1.92. The van der Waals surface area contributed by atoms with E-state index >= 15 is 0 Å². The summed E-state index contributed by atoms with van der Waals surface area (Å²) in [4.78, 5) is 0. The van der Waals surface area contributed by atoms with Gasteiger partial charge in [0.1, 0.15) is 11.2 Å². The van der Waals surface area contributed by atoms with Gasteiger partial charge >= 0.3 is 0 Å². The zero-order valence-electron chi connectivity index (χ0n) is 26.7. The fraction of sp³-hybridized carbons (Fsp3) is 0.